The van der Waals surface area contributed by atoms with E-state index in [1.165, 1.54) is 27.9 Å². The number of rotatable bonds is 8. The van der Waals surface area contributed by atoms with Crippen LogP contribution in [0.5, 0.6) is 0 Å². The molecular weight excluding hydrogens is 494 g/mol. The molecule has 0 radical (unpaired) electrons. The fraction of sp³-hybridized carbons (Fsp3) is 0.200. The van der Waals surface area contributed by atoms with Crippen LogP contribution in [0.1, 0.15) is 49.7 Å². The molecule has 41 heavy (non-hydrogen) atoms. The summed E-state index contributed by atoms with van der Waals surface area (Å²) in [5.74, 6) is 0.575. The van der Waals surface area contributed by atoms with Crippen LogP contribution >= 0.6 is 0 Å². The molecule has 0 aromatic heterocycles. The molecule has 0 fully saturated rings. The molecule has 0 amide bonds. The van der Waals surface area contributed by atoms with E-state index in [1.54, 1.807) is 0 Å². The Bertz CT molecular complexity index is 1430. The minimum absolute atomic E-state index is 0.260. The summed E-state index contributed by atoms with van der Waals surface area (Å²) < 4.78 is 0. The lowest BCUT2D eigenvalue weighted by molar-refractivity contribution is 0.431. The van der Waals surface area contributed by atoms with Gasteiger partial charge in [0.15, 0.2) is 0 Å². The summed E-state index contributed by atoms with van der Waals surface area (Å²) in [6.07, 6.45) is 21.4. The van der Waals surface area contributed by atoms with Gasteiger partial charge >= 0.3 is 0 Å². The van der Waals surface area contributed by atoms with Crippen molar-refractivity contribution in [2.24, 2.45) is 0 Å². The highest BCUT2D eigenvalue weighted by atomic mass is 15.3. The molecule has 0 bridgehead atoms. The van der Waals surface area contributed by atoms with E-state index in [0.717, 1.165) is 12.8 Å². The molecule has 6 rings (SSSR count). The van der Waals surface area contributed by atoms with Crippen LogP contribution < -0.4 is 4.90 Å². The Morgan fingerprint density at radius 1 is 0.463 bits per heavy atom. The summed E-state index contributed by atoms with van der Waals surface area (Å²) in [6, 6.07) is 41.4. The van der Waals surface area contributed by atoms with Crippen molar-refractivity contribution in [3.05, 3.63) is 175 Å². The van der Waals surface area contributed by atoms with Gasteiger partial charge in [-0.2, -0.15) is 0 Å². The number of nitrogens with zero attached hydrogens (tertiary/aromatic N) is 1. The van der Waals surface area contributed by atoms with Crippen LogP contribution in [0.4, 0.5) is 5.69 Å². The van der Waals surface area contributed by atoms with Crippen LogP contribution in [0.3, 0.4) is 0 Å². The van der Waals surface area contributed by atoms with E-state index in [-0.39, 0.29) is 22.9 Å². The standard InChI is InChI=1S/C40H39N/c1-3-39(28-24-36(25-29-39)33-16-10-6-11-17-33)41(38-22-20-35(21-23-38)32-14-8-5-9-15-32)40(4-2)30-26-37(27-31-40)34-18-12-7-13-19-34/h5-31,36-37H,3-4H2,1-2H3. The third-order valence-electron chi connectivity index (χ3n) is 8.94. The van der Waals surface area contributed by atoms with Gasteiger partial charge in [0.05, 0.1) is 11.1 Å². The summed E-state index contributed by atoms with van der Waals surface area (Å²) in [4.78, 5) is 2.66. The van der Waals surface area contributed by atoms with Crippen molar-refractivity contribution in [3.8, 4) is 11.1 Å². The molecular formula is C40H39N. The van der Waals surface area contributed by atoms with Gasteiger partial charge in [0.25, 0.3) is 0 Å². The third kappa shape index (κ3) is 5.25. The van der Waals surface area contributed by atoms with Crippen molar-refractivity contribution < 1.29 is 0 Å². The maximum absolute atomic E-state index is 2.66. The van der Waals surface area contributed by atoms with E-state index < -0.39 is 0 Å². The van der Waals surface area contributed by atoms with Gasteiger partial charge in [-0.3, -0.25) is 0 Å². The Morgan fingerprint density at radius 3 is 1.22 bits per heavy atom. The van der Waals surface area contributed by atoms with Crippen LogP contribution in [0.15, 0.2) is 164 Å². The second-order valence-corrected chi connectivity index (χ2v) is 11.2. The van der Waals surface area contributed by atoms with Crippen LogP contribution in [0.2, 0.25) is 0 Å². The molecule has 0 saturated heterocycles. The number of anilines is 1. The molecule has 2 aliphatic rings. The SMILES string of the molecule is CCC1(N(c2ccc(-c3ccccc3)cc2)C2(CC)C=CC(c3ccccc3)C=C2)C=CC(c2ccccc2)C=C1. The van der Waals surface area contributed by atoms with Gasteiger partial charge in [-0.15, -0.1) is 0 Å². The van der Waals surface area contributed by atoms with Crippen molar-refractivity contribution in [2.45, 2.75) is 49.6 Å². The normalized spacial score (nSPS) is 24.8. The number of hydrogen-bond acceptors (Lipinski definition) is 1. The first-order valence-electron chi connectivity index (χ1n) is 15.0. The Hall–Kier alpha value is -4.36. The molecule has 2 aliphatic carbocycles. The zero-order valence-corrected chi connectivity index (χ0v) is 24.1. The van der Waals surface area contributed by atoms with Gasteiger partial charge < -0.3 is 4.90 Å². The zero-order chi connectivity index (χ0) is 28.1. The highest BCUT2D eigenvalue weighted by molar-refractivity contribution is 5.69. The van der Waals surface area contributed by atoms with Gasteiger partial charge in [-0.1, -0.05) is 166 Å². The topological polar surface area (TPSA) is 3.24 Å². The minimum atomic E-state index is -0.260. The first kappa shape index (κ1) is 26.8. The quantitative estimate of drug-likeness (QED) is 0.204. The number of hydrogen-bond donors (Lipinski definition) is 0. The summed E-state index contributed by atoms with van der Waals surface area (Å²) in [5, 5.41) is 0. The fourth-order valence-electron chi connectivity index (χ4n) is 6.50. The molecule has 0 aliphatic heterocycles. The second-order valence-electron chi connectivity index (χ2n) is 11.2. The van der Waals surface area contributed by atoms with E-state index in [4.69, 9.17) is 0 Å². The van der Waals surface area contributed by atoms with Gasteiger partial charge in [0.1, 0.15) is 0 Å². The van der Waals surface area contributed by atoms with E-state index in [0.29, 0.717) is 0 Å². The Morgan fingerprint density at radius 2 is 0.829 bits per heavy atom. The monoisotopic (exact) mass is 533 g/mol. The summed E-state index contributed by atoms with van der Waals surface area (Å²) in [7, 11) is 0. The first-order valence-corrected chi connectivity index (χ1v) is 15.0. The van der Waals surface area contributed by atoms with E-state index in [1.807, 2.05) is 0 Å². The van der Waals surface area contributed by atoms with Gasteiger partial charge in [0.2, 0.25) is 0 Å². The van der Waals surface area contributed by atoms with E-state index in [2.05, 4.69) is 183 Å². The summed E-state index contributed by atoms with van der Waals surface area (Å²) in [5.41, 5.74) is 5.85. The van der Waals surface area contributed by atoms with Gasteiger partial charge in [-0.25, -0.2) is 0 Å². The average Bonchev–Trinajstić information content (AvgIpc) is 3.07. The van der Waals surface area contributed by atoms with Crippen LogP contribution in [0.25, 0.3) is 11.1 Å². The van der Waals surface area contributed by atoms with Crippen LogP contribution in [0, 0.1) is 0 Å². The molecule has 0 spiro atoms. The summed E-state index contributed by atoms with van der Waals surface area (Å²) >= 11 is 0. The van der Waals surface area contributed by atoms with Crippen molar-refractivity contribution in [2.75, 3.05) is 4.90 Å². The highest BCUT2D eigenvalue weighted by Gasteiger charge is 2.44. The maximum atomic E-state index is 2.66. The largest absolute Gasteiger partial charge is 0.346 e. The van der Waals surface area contributed by atoms with Crippen LogP contribution in [-0.2, 0) is 0 Å². The van der Waals surface area contributed by atoms with Gasteiger partial charge in [-0.05, 0) is 47.2 Å². The number of allylic oxidation sites excluding steroid dienone is 4. The van der Waals surface area contributed by atoms with Gasteiger partial charge in [0, 0.05) is 17.5 Å². The zero-order valence-electron chi connectivity index (χ0n) is 24.1. The maximum Gasteiger partial charge on any atom is 0.0778 e. The van der Waals surface area contributed by atoms with Crippen LogP contribution in [-0.4, -0.2) is 11.1 Å². The third-order valence-corrected chi connectivity index (χ3v) is 8.94. The highest BCUT2D eigenvalue weighted by Crippen LogP contribution is 2.45. The average molecular weight is 534 g/mol. The lowest BCUT2D eigenvalue weighted by Gasteiger charge is -2.53. The lowest BCUT2D eigenvalue weighted by Crippen LogP contribution is -2.58. The molecule has 1 heteroatoms. The first-order chi connectivity index (χ1) is 20.2. The molecule has 1 nitrogen and oxygen atoms in total. The Balaban J connectivity index is 1.42. The minimum Gasteiger partial charge on any atom is -0.346 e. The van der Waals surface area contributed by atoms with Crippen molar-refractivity contribution in [1.29, 1.82) is 0 Å². The smallest absolute Gasteiger partial charge is 0.0778 e. The fourth-order valence-corrected chi connectivity index (χ4v) is 6.50. The second kappa shape index (κ2) is 11.6. The number of benzene rings is 4. The summed E-state index contributed by atoms with van der Waals surface area (Å²) in [6.45, 7) is 4.63. The predicted molar refractivity (Wildman–Crippen MR) is 175 cm³/mol. The predicted octanol–water partition coefficient (Wildman–Crippen LogP) is 10.3. The molecule has 204 valence electrons. The molecule has 0 N–H and O–H groups in total. The molecule has 0 heterocycles. The molecule has 4 aromatic carbocycles. The van der Waals surface area contributed by atoms with E-state index >= 15 is 0 Å². The Kier molecular flexibility index (Phi) is 7.61. The van der Waals surface area contributed by atoms with Crippen molar-refractivity contribution in [3.63, 3.8) is 0 Å². The molecule has 0 saturated carbocycles. The lowest BCUT2D eigenvalue weighted by atomic mass is 9.76. The molecule has 0 atom stereocenters. The van der Waals surface area contributed by atoms with Crippen molar-refractivity contribution >= 4 is 5.69 Å². The molecule has 4 aromatic rings. The van der Waals surface area contributed by atoms with E-state index in [9.17, 15) is 0 Å². The van der Waals surface area contributed by atoms with Crippen molar-refractivity contribution in [1.82, 2.24) is 0 Å². The Labute approximate surface area is 245 Å². The molecule has 0 unspecified atom stereocenters.